The second-order valence-corrected chi connectivity index (χ2v) is 12.2. The molecular formula is C44H28N2. The van der Waals surface area contributed by atoms with E-state index in [2.05, 4.69) is 179 Å². The van der Waals surface area contributed by atoms with Crippen LogP contribution in [0.25, 0.3) is 87.7 Å². The summed E-state index contributed by atoms with van der Waals surface area (Å²) >= 11 is 0. The van der Waals surface area contributed by atoms with Gasteiger partial charge in [-0.2, -0.15) is 0 Å². The number of fused-ring (bicyclic) bond motifs is 8. The van der Waals surface area contributed by atoms with Crippen molar-refractivity contribution in [1.29, 1.82) is 0 Å². The maximum Gasteiger partial charge on any atom is 0.0547 e. The molecule has 10 rings (SSSR count). The van der Waals surface area contributed by atoms with Gasteiger partial charge in [-0.05, 0) is 75.8 Å². The van der Waals surface area contributed by atoms with Crippen LogP contribution in [0.4, 0.5) is 0 Å². The summed E-state index contributed by atoms with van der Waals surface area (Å²) < 4.78 is 4.85. The summed E-state index contributed by atoms with van der Waals surface area (Å²) in [6.45, 7) is 0. The van der Waals surface area contributed by atoms with Crippen LogP contribution in [0.2, 0.25) is 0 Å². The Balaban J connectivity index is 1.21. The summed E-state index contributed by atoms with van der Waals surface area (Å²) in [5.74, 6) is 0. The normalized spacial score (nSPS) is 11.9. The van der Waals surface area contributed by atoms with Gasteiger partial charge in [-0.25, -0.2) is 0 Å². The fourth-order valence-electron chi connectivity index (χ4n) is 7.56. The van der Waals surface area contributed by atoms with Crippen molar-refractivity contribution >= 4 is 65.2 Å². The topological polar surface area (TPSA) is 9.86 Å². The third-order valence-corrected chi connectivity index (χ3v) is 9.68. The van der Waals surface area contributed by atoms with Crippen LogP contribution in [-0.4, -0.2) is 9.13 Å². The van der Waals surface area contributed by atoms with Crippen molar-refractivity contribution in [3.63, 3.8) is 0 Å². The number of benzene rings is 8. The Morgan fingerprint density at radius 2 is 0.870 bits per heavy atom. The molecule has 0 aliphatic carbocycles. The molecular weight excluding hydrogens is 556 g/mol. The maximum atomic E-state index is 2.45. The van der Waals surface area contributed by atoms with Gasteiger partial charge in [0.15, 0.2) is 0 Å². The second kappa shape index (κ2) is 9.69. The zero-order valence-electron chi connectivity index (χ0n) is 25.1. The van der Waals surface area contributed by atoms with Crippen LogP contribution in [0, 0.1) is 0 Å². The van der Waals surface area contributed by atoms with E-state index in [4.69, 9.17) is 0 Å². The molecule has 0 saturated heterocycles. The van der Waals surface area contributed by atoms with E-state index < -0.39 is 0 Å². The van der Waals surface area contributed by atoms with E-state index in [-0.39, 0.29) is 0 Å². The first-order valence-electron chi connectivity index (χ1n) is 15.9. The van der Waals surface area contributed by atoms with E-state index in [1.54, 1.807) is 0 Å². The van der Waals surface area contributed by atoms with E-state index in [1.807, 2.05) is 0 Å². The number of para-hydroxylation sites is 2. The van der Waals surface area contributed by atoms with Gasteiger partial charge in [0.1, 0.15) is 0 Å². The molecule has 0 spiro atoms. The van der Waals surface area contributed by atoms with Crippen molar-refractivity contribution in [2.75, 3.05) is 0 Å². The van der Waals surface area contributed by atoms with Crippen molar-refractivity contribution in [2.24, 2.45) is 0 Å². The third-order valence-electron chi connectivity index (χ3n) is 9.68. The van der Waals surface area contributed by atoms with Gasteiger partial charge in [0.2, 0.25) is 0 Å². The van der Waals surface area contributed by atoms with Crippen LogP contribution in [0.5, 0.6) is 0 Å². The molecule has 0 atom stereocenters. The highest BCUT2D eigenvalue weighted by atomic mass is 15.0. The Kier molecular flexibility index (Phi) is 5.31. The zero-order valence-corrected chi connectivity index (χ0v) is 25.1. The highest BCUT2D eigenvalue weighted by Gasteiger charge is 2.17. The van der Waals surface area contributed by atoms with Crippen molar-refractivity contribution < 1.29 is 0 Å². The molecule has 214 valence electrons. The molecule has 2 heterocycles. The fraction of sp³-hybridized carbons (Fsp3) is 0. The quantitative estimate of drug-likeness (QED) is 0.195. The summed E-state index contributed by atoms with van der Waals surface area (Å²) in [5.41, 5.74) is 9.68. The minimum Gasteiger partial charge on any atom is -0.309 e. The van der Waals surface area contributed by atoms with E-state index in [0.29, 0.717) is 0 Å². The standard InChI is InChI=1S/C44H28N2/c1-2-12-31-26-34(23-20-29(31)10-1)45-41-17-7-6-16-37(41)39-27-32(22-25-43(39)45)33-21-24-38-36-15-5-8-18-42(36)46(44(38)28-33)40-19-9-13-30-11-3-4-14-35(30)40/h1-28H. The Morgan fingerprint density at radius 1 is 0.283 bits per heavy atom. The number of hydrogen-bond donors (Lipinski definition) is 0. The first kappa shape index (κ1) is 25.2. The van der Waals surface area contributed by atoms with Gasteiger partial charge in [0.25, 0.3) is 0 Å². The van der Waals surface area contributed by atoms with Crippen LogP contribution in [0.1, 0.15) is 0 Å². The van der Waals surface area contributed by atoms with E-state index in [0.717, 1.165) is 0 Å². The average molecular weight is 585 g/mol. The Hall–Kier alpha value is -6.12. The van der Waals surface area contributed by atoms with Gasteiger partial charge in [-0.1, -0.05) is 121 Å². The predicted octanol–water partition coefficient (Wildman–Crippen LogP) is 11.9. The van der Waals surface area contributed by atoms with Gasteiger partial charge >= 0.3 is 0 Å². The van der Waals surface area contributed by atoms with Gasteiger partial charge in [-0.3, -0.25) is 0 Å². The lowest BCUT2D eigenvalue weighted by Gasteiger charge is -2.12. The maximum absolute atomic E-state index is 2.45. The van der Waals surface area contributed by atoms with E-state index >= 15 is 0 Å². The van der Waals surface area contributed by atoms with Crippen molar-refractivity contribution in [1.82, 2.24) is 9.13 Å². The molecule has 2 nitrogen and oxygen atoms in total. The molecule has 0 N–H and O–H groups in total. The average Bonchev–Trinajstić information content (AvgIpc) is 3.63. The summed E-state index contributed by atoms with van der Waals surface area (Å²) in [5, 5.41) is 10.1. The molecule has 0 saturated carbocycles. The number of hydrogen-bond acceptors (Lipinski definition) is 0. The van der Waals surface area contributed by atoms with Crippen LogP contribution in [-0.2, 0) is 0 Å². The molecule has 2 aromatic heterocycles. The number of rotatable bonds is 3. The molecule has 46 heavy (non-hydrogen) atoms. The third kappa shape index (κ3) is 3.65. The first-order valence-corrected chi connectivity index (χ1v) is 15.9. The molecule has 0 amide bonds. The highest BCUT2D eigenvalue weighted by molar-refractivity contribution is 6.13. The Labute approximate surface area is 266 Å². The van der Waals surface area contributed by atoms with Gasteiger partial charge in [0, 0.05) is 32.6 Å². The molecule has 10 aromatic rings. The molecule has 0 aliphatic heterocycles. The number of nitrogens with zero attached hydrogens (tertiary/aromatic N) is 2. The monoisotopic (exact) mass is 584 g/mol. The van der Waals surface area contributed by atoms with E-state index in [1.165, 1.54) is 87.7 Å². The summed E-state index contributed by atoms with van der Waals surface area (Å²) in [6.07, 6.45) is 0. The second-order valence-electron chi connectivity index (χ2n) is 12.2. The molecule has 0 aliphatic rings. The molecule has 2 heteroatoms. The smallest absolute Gasteiger partial charge is 0.0547 e. The first-order chi connectivity index (χ1) is 22.8. The number of aromatic nitrogens is 2. The summed E-state index contributed by atoms with van der Waals surface area (Å²) in [4.78, 5) is 0. The Bertz CT molecular complexity index is 2810. The predicted molar refractivity (Wildman–Crippen MR) is 196 cm³/mol. The molecule has 8 aromatic carbocycles. The molecule has 0 unspecified atom stereocenters. The lowest BCUT2D eigenvalue weighted by molar-refractivity contribution is 1.19. The fourth-order valence-corrected chi connectivity index (χ4v) is 7.56. The Morgan fingerprint density at radius 3 is 1.72 bits per heavy atom. The van der Waals surface area contributed by atoms with Crippen molar-refractivity contribution in [2.45, 2.75) is 0 Å². The van der Waals surface area contributed by atoms with Gasteiger partial charge in [-0.15, -0.1) is 0 Å². The van der Waals surface area contributed by atoms with Crippen LogP contribution in [0.3, 0.4) is 0 Å². The van der Waals surface area contributed by atoms with Crippen molar-refractivity contribution in [3.8, 4) is 22.5 Å². The highest BCUT2D eigenvalue weighted by Crippen LogP contribution is 2.39. The van der Waals surface area contributed by atoms with Crippen molar-refractivity contribution in [3.05, 3.63) is 170 Å². The van der Waals surface area contributed by atoms with Crippen LogP contribution in [0.15, 0.2) is 170 Å². The van der Waals surface area contributed by atoms with Crippen LogP contribution < -0.4 is 0 Å². The largest absolute Gasteiger partial charge is 0.309 e. The summed E-state index contributed by atoms with van der Waals surface area (Å²) in [6, 6.07) is 62.1. The SMILES string of the molecule is c1ccc2cc(-n3c4ccccc4c4cc(-c5ccc6c7ccccc7n(-c7cccc8ccccc78)c6c5)ccc43)ccc2c1. The minimum absolute atomic E-state index is 1.18. The van der Waals surface area contributed by atoms with Crippen LogP contribution >= 0.6 is 0 Å². The van der Waals surface area contributed by atoms with Gasteiger partial charge < -0.3 is 9.13 Å². The minimum atomic E-state index is 1.18. The lowest BCUT2D eigenvalue weighted by Crippen LogP contribution is -1.95. The lowest BCUT2D eigenvalue weighted by atomic mass is 10.0. The molecule has 0 radical (unpaired) electrons. The van der Waals surface area contributed by atoms with Gasteiger partial charge in [0.05, 0.1) is 27.8 Å². The zero-order chi connectivity index (χ0) is 30.2. The molecule has 0 bridgehead atoms. The molecule has 0 fully saturated rings. The summed E-state index contributed by atoms with van der Waals surface area (Å²) in [7, 11) is 0. The van der Waals surface area contributed by atoms with E-state index in [9.17, 15) is 0 Å².